The van der Waals surface area contributed by atoms with E-state index in [9.17, 15) is 8.42 Å². The molecule has 1 aromatic carbocycles. The van der Waals surface area contributed by atoms with Gasteiger partial charge in [-0.3, -0.25) is 0 Å². The molecule has 2 N–H and O–H groups in total. The summed E-state index contributed by atoms with van der Waals surface area (Å²) in [5, 5.41) is 0.336. The van der Waals surface area contributed by atoms with Gasteiger partial charge in [0.25, 0.3) is 0 Å². The lowest BCUT2D eigenvalue weighted by atomic mass is 9.78. The molecule has 124 valence electrons. The summed E-state index contributed by atoms with van der Waals surface area (Å²) < 4.78 is 27.2. The fraction of sp³-hybridized carbons (Fsp3) is 0.571. The average Bonchev–Trinajstić information content (AvgIpc) is 2.84. The van der Waals surface area contributed by atoms with Gasteiger partial charge in [-0.1, -0.05) is 35.7 Å². The summed E-state index contributed by atoms with van der Waals surface area (Å²) in [5.41, 5.74) is 6.15. The smallest absolute Gasteiger partial charge is 0.246 e. The zero-order valence-corrected chi connectivity index (χ0v) is 15.1. The van der Waals surface area contributed by atoms with Crippen LogP contribution in [0.3, 0.4) is 0 Å². The number of nitrogens with zero attached hydrogens (tertiary/aromatic N) is 1. The molecule has 0 bridgehead atoms. The number of nitrogens with two attached hydrogens (primary N) is 1. The Kier molecular flexibility index (Phi) is 5.68. The Hall–Kier alpha value is -0.0400. The van der Waals surface area contributed by atoms with Crippen LogP contribution < -0.4 is 5.73 Å². The van der Waals surface area contributed by atoms with E-state index in [1.807, 2.05) is 0 Å². The van der Waals surface area contributed by atoms with Crippen molar-refractivity contribution in [3.63, 3.8) is 0 Å². The molecule has 0 radical (unpaired) electrons. The molecule has 22 heavy (non-hydrogen) atoms. The summed E-state index contributed by atoms with van der Waals surface area (Å²) in [6.45, 7) is 0.984. The van der Waals surface area contributed by atoms with Crippen LogP contribution in [0.25, 0.3) is 0 Å². The van der Waals surface area contributed by atoms with Crippen molar-refractivity contribution in [3.8, 4) is 0 Å². The molecule has 8 heteroatoms. The first kappa shape index (κ1) is 18.3. The molecule has 0 spiro atoms. The minimum absolute atomic E-state index is 0. The highest BCUT2D eigenvalue weighted by atomic mass is 35.5. The predicted octanol–water partition coefficient (Wildman–Crippen LogP) is 3.16. The lowest BCUT2D eigenvalue weighted by Crippen LogP contribution is -2.38. The van der Waals surface area contributed by atoms with Crippen LogP contribution >= 0.6 is 35.6 Å². The Morgan fingerprint density at radius 3 is 2.36 bits per heavy atom. The molecule has 3 rings (SSSR count). The fourth-order valence-electron chi connectivity index (χ4n) is 3.53. The third-order valence-electron chi connectivity index (χ3n) is 4.64. The van der Waals surface area contributed by atoms with E-state index >= 15 is 0 Å². The summed E-state index contributed by atoms with van der Waals surface area (Å²) >= 11 is 12.1. The normalized spacial score (nSPS) is 29.0. The van der Waals surface area contributed by atoms with Crippen LogP contribution in [0, 0.1) is 11.8 Å². The third-order valence-corrected chi connectivity index (χ3v) is 7.42. The van der Waals surface area contributed by atoms with E-state index in [0.717, 1.165) is 19.3 Å². The molecule has 1 saturated carbocycles. The second kappa shape index (κ2) is 6.83. The first-order valence-corrected chi connectivity index (χ1v) is 9.30. The van der Waals surface area contributed by atoms with Crippen LogP contribution in [0.2, 0.25) is 10.0 Å². The molecule has 1 saturated heterocycles. The van der Waals surface area contributed by atoms with Gasteiger partial charge in [0.05, 0.1) is 10.0 Å². The Labute approximate surface area is 147 Å². The van der Waals surface area contributed by atoms with E-state index in [-0.39, 0.29) is 39.3 Å². The quantitative estimate of drug-likeness (QED) is 0.850. The Morgan fingerprint density at radius 2 is 1.77 bits per heavy atom. The van der Waals surface area contributed by atoms with E-state index in [4.69, 9.17) is 28.9 Å². The van der Waals surface area contributed by atoms with E-state index in [1.165, 1.54) is 4.31 Å². The van der Waals surface area contributed by atoms with E-state index in [1.54, 1.807) is 18.2 Å². The maximum atomic E-state index is 12.8. The van der Waals surface area contributed by atoms with Crippen molar-refractivity contribution in [2.75, 3.05) is 13.1 Å². The van der Waals surface area contributed by atoms with Gasteiger partial charge in [0.2, 0.25) is 10.0 Å². The first-order chi connectivity index (χ1) is 9.91. The second-order valence-electron chi connectivity index (χ2n) is 5.89. The SMILES string of the molecule is Cl.NC1CCCC2CN(S(=O)(=O)c3c(Cl)cccc3Cl)CC12. The number of hydrogen-bond acceptors (Lipinski definition) is 3. The van der Waals surface area contributed by atoms with E-state index in [2.05, 4.69) is 0 Å². The molecule has 0 aromatic heterocycles. The zero-order chi connectivity index (χ0) is 15.2. The van der Waals surface area contributed by atoms with Gasteiger partial charge in [-0.2, -0.15) is 4.31 Å². The van der Waals surface area contributed by atoms with Crippen molar-refractivity contribution in [1.82, 2.24) is 4.31 Å². The summed E-state index contributed by atoms with van der Waals surface area (Å²) in [7, 11) is -3.67. The first-order valence-electron chi connectivity index (χ1n) is 7.11. The predicted molar refractivity (Wildman–Crippen MR) is 91.3 cm³/mol. The standard InChI is InChI=1S/C14H18Cl2N2O2S.ClH/c15-11-4-2-5-12(16)14(11)21(19,20)18-7-9-3-1-6-13(17)10(9)8-18;/h2,4-5,9-10,13H,1,3,6-8,17H2;1H. The van der Waals surface area contributed by atoms with Crippen molar-refractivity contribution >= 4 is 45.6 Å². The highest BCUT2D eigenvalue weighted by Crippen LogP contribution is 2.40. The van der Waals surface area contributed by atoms with Crippen LogP contribution in [-0.2, 0) is 10.0 Å². The van der Waals surface area contributed by atoms with Crippen molar-refractivity contribution in [3.05, 3.63) is 28.2 Å². The van der Waals surface area contributed by atoms with Crippen molar-refractivity contribution in [2.45, 2.75) is 30.2 Å². The molecule has 2 aliphatic rings. The number of rotatable bonds is 2. The summed E-state index contributed by atoms with van der Waals surface area (Å²) in [5.74, 6) is 0.597. The van der Waals surface area contributed by atoms with E-state index < -0.39 is 10.0 Å². The lowest BCUT2D eigenvalue weighted by Gasteiger charge is -2.29. The maximum absolute atomic E-state index is 12.8. The Bertz CT molecular complexity index is 633. The monoisotopic (exact) mass is 384 g/mol. The van der Waals surface area contributed by atoms with Crippen molar-refractivity contribution < 1.29 is 8.42 Å². The number of halogens is 3. The van der Waals surface area contributed by atoms with Gasteiger partial charge >= 0.3 is 0 Å². The Balaban J connectivity index is 0.00000176. The number of benzene rings is 1. The fourth-order valence-corrected chi connectivity index (χ4v) is 6.16. The minimum atomic E-state index is -3.67. The van der Waals surface area contributed by atoms with Crippen LogP contribution in [0.4, 0.5) is 0 Å². The largest absolute Gasteiger partial charge is 0.327 e. The van der Waals surface area contributed by atoms with Crippen LogP contribution in [-0.4, -0.2) is 31.9 Å². The molecule has 1 aromatic rings. The van der Waals surface area contributed by atoms with Crippen LogP contribution in [0.5, 0.6) is 0 Å². The molecule has 1 heterocycles. The Morgan fingerprint density at radius 1 is 1.14 bits per heavy atom. The molecule has 3 atom stereocenters. The van der Waals surface area contributed by atoms with Gasteiger partial charge in [-0.05, 0) is 36.8 Å². The van der Waals surface area contributed by atoms with Gasteiger partial charge in [-0.15, -0.1) is 12.4 Å². The van der Waals surface area contributed by atoms with Gasteiger partial charge in [0.1, 0.15) is 4.90 Å². The topological polar surface area (TPSA) is 63.4 Å². The third kappa shape index (κ3) is 3.12. The lowest BCUT2D eigenvalue weighted by molar-refractivity contribution is 0.260. The maximum Gasteiger partial charge on any atom is 0.246 e. The zero-order valence-electron chi connectivity index (χ0n) is 11.9. The van der Waals surface area contributed by atoms with Crippen LogP contribution in [0.15, 0.2) is 23.1 Å². The van der Waals surface area contributed by atoms with Gasteiger partial charge < -0.3 is 5.73 Å². The second-order valence-corrected chi connectivity index (χ2v) is 8.58. The molecular formula is C14H19Cl3N2O2S. The minimum Gasteiger partial charge on any atom is -0.327 e. The number of sulfonamides is 1. The van der Waals surface area contributed by atoms with Crippen molar-refractivity contribution in [2.24, 2.45) is 17.6 Å². The summed E-state index contributed by atoms with van der Waals surface area (Å²) in [6.07, 6.45) is 3.09. The summed E-state index contributed by atoms with van der Waals surface area (Å²) in [4.78, 5) is 0.0144. The number of hydrogen-bond donors (Lipinski definition) is 1. The molecule has 1 aliphatic carbocycles. The highest BCUT2D eigenvalue weighted by molar-refractivity contribution is 7.89. The molecule has 0 amide bonds. The highest BCUT2D eigenvalue weighted by Gasteiger charge is 2.44. The molecule has 4 nitrogen and oxygen atoms in total. The molecular weight excluding hydrogens is 367 g/mol. The van der Waals surface area contributed by atoms with Gasteiger partial charge in [-0.25, -0.2) is 8.42 Å². The molecule has 1 aliphatic heterocycles. The molecule has 2 fully saturated rings. The summed E-state index contributed by atoms with van der Waals surface area (Å²) in [6, 6.07) is 4.83. The van der Waals surface area contributed by atoms with Crippen molar-refractivity contribution in [1.29, 1.82) is 0 Å². The van der Waals surface area contributed by atoms with Gasteiger partial charge in [0.15, 0.2) is 0 Å². The van der Waals surface area contributed by atoms with E-state index in [0.29, 0.717) is 19.0 Å². The average molecular weight is 386 g/mol. The number of fused-ring (bicyclic) bond motifs is 1. The van der Waals surface area contributed by atoms with Gasteiger partial charge in [0, 0.05) is 19.1 Å². The van der Waals surface area contributed by atoms with Crippen LogP contribution in [0.1, 0.15) is 19.3 Å². The molecule has 3 unspecified atom stereocenters.